The van der Waals surface area contributed by atoms with E-state index in [-0.39, 0.29) is 54.1 Å². The van der Waals surface area contributed by atoms with Gasteiger partial charge in [0.1, 0.15) is 5.60 Å². The Morgan fingerprint density at radius 2 is 1.07 bits per heavy atom. The van der Waals surface area contributed by atoms with Crippen LogP contribution >= 0.6 is 0 Å². The van der Waals surface area contributed by atoms with Crippen molar-refractivity contribution in [1.29, 1.82) is 0 Å². The number of carboxylic acids is 1. The van der Waals surface area contributed by atoms with E-state index in [9.17, 15) is 24.3 Å². The molecule has 4 heterocycles. The van der Waals surface area contributed by atoms with Crippen molar-refractivity contribution in [2.75, 3.05) is 26.2 Å². The molecular formula is C42H66N6O8. The van der Waals surface area contributed by atoms with Crippen molar-refractivity contribution in [3.63, 3.8) is 0 Å². The van der Waals surface area contributed by atoms with Crippen LogP contribution in [0.15, 0.2) is 9.05 Å². The van der Waals surface area contributed by atoms with Gasteiger partial charge < -0.3 is 28.7 Å². The van der Waals surface area contributed by atoms with E-state index in [0.717, 1.165) is 89.4 Å². The number of aliphatic carboxylic acids is 1. The summed E-state index contributed by atoms with van der Waals surface area (Å²) in [6.45, 7) is 8.52. The van der Waals surface area contributed by atoms with E-state index in [4.69, 9.17) is 13.8 Å². The molecule has 6 rings (SSSR count). The summed E-state index contributed by atoms with van der Waals surface area (Å²) in [6.07, 6.45) is 23.1. The first kappa shape index (κ1) is 43.3. The molecule has 2 amide bonds. The van der Waals surface area contributed by atoms with Gasteiger partial charge in [-0.2, -0.15) is 9.97 Å². The highest BCUT2D eigenvalue weighted by molar-refractivity contribution is 5.91. The minimum absolute atomic E-state index is 0.0375. The Bertz CT molecular complexity index is 1530. The molecule has 2 saturated heterocycles. The fraction of sp³-hybridized carbons (Fsp3) is 0.810. The van der Waals surface area contributed by atoms with Gasteiger partial charge in [-0.3, -0.25) is 19.2 Å². The molecule has 4 fully saturated rings. The van der Waals surface area contributed by atoms with Gasteiger partial charge in [-0.05, 0) is 71.1 Å². The zero-order chi connectivity index (χ0) is 39.9. The first-order valence-electron chi connectivity index (χ1n) is 21.6. The molecule has 14 heteroatoms. The zero-order valence-electron chi connectivity index (χ0n) is 34.2. The van der Waals surface area contributed by atoms with Crippen LogP contribution in [-0.4, -0.2) is 90.7 Å². The quantitative estimate of drug-likeness (QED) is 0.161. The van der Waals surface area contributed by atoms with Crippen LogP contribution in [0.2, 0.25) is 0 Å². The summed E-state index contributed by atoms with van der Waals surface area (Å²) in [7, 11) is 0. The van der Waals surface area contributed by atoms with E-state index in [1.165, 1.54) is 70.6 Å². The fourth-order valence-corrected chi connectivity index (χ4v) is 8.78. The molecule has 2 aromatic rings. The highest BCUT2D eigenvalue weighted by Gasteiger charge is 2.31. The lowest BCUT2D eigenvalue weighted by molar-refractivity contribution is -0.155. The van der Waals surface area contributed by atoms with Gasteiger partial charge in [-0.1, -0.05) is 100 Å². The van der Waals surface area contributed by atoms with Crippen LogP contribution < -0.4 is 0 Å². The third-order valence-electron chi connectivity index (χ3n) is 11.8. The van der Waals surface area contributed by atoms with Gasteiger partial charge in [0.15, 0.2) is 0 Å². The van der Waals surface area contributed by atoms with Crippen LogP contribution in [0.4, 0.5) is 0 Å². The van der Waals surface area contributed by atoms with Crippen molar-refractivity contribution in [2.24, 2.45) is 11.8 Å². The molecule has 2 saturated carbocycles. The molecular weight excluding hydrogens is 716 g/mol. The lowest BCUT2D eigenvalue weighted by Crippen LogP contribution is -2.28. The molecule has 2 aromatic heterocycles. The Balaban J connectivity index is 0.000000216. The van der Waals surface area contributed by atoms with Crippen LogP contribution in [0.5, 0.6) is 0 Å². The van der Waals surface area contributed by atoms with E-state index in [0.29, 0.717) is 18.2 Å². The van der Waals surface area contributed by atoms with Crippen molar-refractivity contribution in [3.05, 3.63) is 23.4 Å². The Labute approximate surface area is 332 Å². The molecule has 2 atom stereocenters. The standard InChI is InChI=1S/C23H37N3O4.C19H29N3O4/c1-23(2,3)29-19(27)16-18(13-9-12-17-10-5-4-6-11-17)21-24-20(25-30-21)22(28)26-14-7-8-15-26;23-16(24)13-15(10-6-9-14-7-2-1-3-8-14)18-20-17(21-26-18)19(25)22-11-4-5-12-22/h17-18H,4-16H2,1-3H3;14-15H,1-13H2,(H,23,24)/t18-;15-/m11/s1. The molecule has 4 aliphatic rings. The summed E-state index contributed by atoms with van der Waals surface area (Å²) in [5.41, 5.74) is -0.532. The molecule has 0 aromatic carbocycles. The summed E-state index contributed by atoms with van der Waals surface area (Å²) in [4.78, 5) is 60.7. The molecule has 56 heavy (non-hydrogen) atoms. The summed E-state index contributed by atoms with van der Waals surface area (Å²) in [6, 6.07) is 0. The maximum atomic E-state index is 12.6. The number of carboxylic acid groups (broad SMARTS) is 1. The van der Waals surface area contributed by atoms with Crippen molar-refractivity contribution < 1.29 is 38.1 Å². The molecule has 2 aliphatic carbocycles. The van der Waals surface area contributed by atoms with Gasteiger partial charge in [-0.25, -0.2) is 0 Å². The Kier molecular flexibility index (Phi) is 16.7. The molecule has 312 valence electrons. The molecule has 2 aliphatic heterocycles. The van der Waals surface area contributed by atoms with Crippen molar-refractivity contribution in [3.8, 4) is 0 Å². The molecule has 0 bridgehead atoms. The highest BCUT2D eigenvalue weighted by Crippen LogP contribution is 2.33. The minimum Gasteiger partial charge on any atom is -0.481 e. The van der Waals surface area contributed by atoms with Gasteiger partial charge >= 0.3 is 11.9 Å². The SMILES string of the molecule is CC(C)(C)OC(=O)C[C@@H](CCCC1CCCCC1)c1nc(C(=O)N2CCCC2)no1.O=C(O)C[C@@H](CCCC1CCCCC1)c1nc(C(=O)N2CCCC2)no1. The molecule has 1 N–H and O–H groups in total. The Hall–Kier alpha value is -3.84. The smallest absolute Gasteiger partial charge is 0.307 e. The first-order valence-corrected chi connectivity index (χ1v) is 21.6. The lowest BCUT2D eigenvalue weighted by atomic mass is 9.84. The number of aromatic nitrogens is 4. The summed E-state index contributed by atoms with van der Waals surface area (Å²) < 4.78 is 16.3. The average molecular weight is 783 g/mol. The first-order chi connectivity index (χ1) is 26.9. The monoisotopic (exact) mass is 782 g/mol. The normalized spacial score (nSPS) is 19.3. The van der Waals surface area contributed by atoms with E-state index < -0.39 is 11.6 Å². The number of amides is 2. The predicted octanol–water partition coefficient (Wildman–Crippen LogP) is 8.49. The van der Waals surface area contributed by atoms with Crippen molar-refractivity contribution >= 4 is 23.8 Å². The van der Waals surface area contributed by atoms with Crippen molar-refractivity contribution in [2.45, 2.75) is 179 Å². The fourth-order valence-electron chi connectivity index (χ4n) is 8.78. The Morgan fingerprint density at radius 1 is 0.661 bits per heavy atom. The van der Waals surface area contributed by atoms with E-state index in [1.807, 2.05) is 20.8 Å². The van der Waals surface area contributed by atoms with E-state index in [1.54, 1.807) is 9.80 Å². The largest absolute Gasteiger partial charge is 0.481 e. The minimum atomic E-state index is -0.877. The summed E-state index contributed by atoms with van der Waals surface area (Å²) in [5, 5.41) is 17.0. The molecule has 0 unspecified atom stereocenters. The van der Waals surface area contributed by atoms with Crippen LogP contribution in [0.3, 0.4) is 0 Å². The number of esters is 1. The van der Waals surface area contributed by atoms with Gasteiger partial charge in [0.05, 0.1) is 12.8 Å². The number of carbonyl (C=O) groups is 4. The van der Waals surface area contributed by atoms with Gasteiger partial charge in [0.2, 0.25) is 11.8 Å². The number of hydrogen-bond acceptors (Lipinski definition) is 11. The number of rotatable bonds is 16. The van der Waals surface area contributed by atoms with Crippen LogP contribution in [0.1, 0.15) is 207 Å². The number of nitrogens with zero attached hydrogens (tertiary/aromatic N) is 6. The maximum absolute atomic E-state index is 12.6. The average Bonchev–Trinajstić information content (AvgIpc) is 4.02. The third-order valence-corrected chi connectivity index (χ3v) is 11.8. The van der Waals surface area contributed by atoms with Crippen LogP contribution in [0.25, 0.3) is 0 Å². The number of carbonyl (C=O) groups excluding carboxylic acids is 3. The van der Waals surface area contributed by atoms with Gasteiger partial charge in [-0.15, -0.1) is 0 Å². The lowest BCUT2D eigenvalue weighted by Gasteiger charge is -2.23. The number of ether oxygens (including phenoxy) is 1. The summed E-state index contributed by atoms with van der Waals surface area (Å²) in [5.74, 6) is 0.326. The molecule has 14 nitrogen and oxygen atoms in total. The van der Waals surface area contributed by atoms with Gasteiger partial charge in [0, 0.05) is 38.0 Å². The second-order valence-corrected chi connectivity index (χ2v) is 17.6. The molecule has 0 radical (unpaired) electrons. The van der Waals surface area contributed by atoms with Gasteiger partial charge in [0.25, 0.3) is 23.5 Å². The number of hydrogen-bond donors (Lipinski definition) is 1. The zero-order valence-corrected chi connectivity index (χ0v) is 34.2. The third kappa shape index (κ3) is 14.0. The van der Waals surface area contributed by atoms with Crippen LogP contribution in [-0.2, 0) is 14.3 Å². The van der Waals surface area contributed by atoms with E-state index >= 15 is 0 Å². The van der Waals surface area contributed by atoms with Crippen LogP contribution in [0, 0.1) is 11.8 Å². The topological polar surface area (TPSA) is 182 Å². The van der Waals surface area contributed by atoms with E-state index in [2.05, 4.69) is 20.3 Å². The molecule has 0 spiro atoms. The number of likely N-dealkylation sites (tertiary alicyclic amines) is 2. The second-order valence-electron chi connectivity index (χ2n) is 17.6. The summed E-state index contributed by atoms with van der Waals surface area (Å²) >= 11 is 0. The van der Waals surface area contributed by atoms with Crippen molar-refractivity contribution in [1.82, 2.24) is 30.1 Å². The second kappa shape index (κ2) is 21.6. The predicted molar refractivity (Wildman–Crippen MR) is 208 cm³/mol. The Morgan fingerprint density at radius 3 is 1.46 bits per heavy atom. The maximum Gasteiger partial charge on any atom is 0.307 e. The highest BCUT2D eigenvalue weighted by atomic mass is 16.6.